The van der Waals surface area contributed by atoms with E-state index in [1.165, 1.54) is 12.1 Å². The Morgan fingerprint density at radius 2 is 2.00 bits per heavy atom. The number of hydrazone groups is 1. The molecule has 0 fully saturated rings. The molecule has 0 unspecified atom stereocenters. The fourth-order valence-electron chi connectivity index (χ4n) is 1.80. The van der Waals surface area contributed by atoms with Crippen molar-refractivity contribution in [3.8, 4) is 6.07 Å². The minimum absolute atomic E-state index is 0.0211. The molecular weight excluding hydrogens is 272 g/mol. The Hall–Kier alpha value is -3.47. The molecular formula is C13H10N6O2. The second-order valence-corrected chi connectivity index (χ2v) is 4.03. The van der Waals surface area contributed by atoms with Crippen molar-refractivity contribution in [2.75, 3.05) is 5.43 Å². The lowest BCUT2D eigenvalue weighted by atomic mass is 10.1. The van der Waals surface area contributed by atoms with E-state index in [-0.39, 0.29) is 11.4 Å². The molecule has 4 N–H and O–H groups in total. The maximum atomic E-state index is 11.0. The van der Waals surface area contributed by atoms with Gasteiger partial charge in [-0.2, -0.15) is 10.4 Å². The first kappa shape index (κ1) is 14.0. The molecule has 2 aromatic rings. The Balaban J connectivity index is 2.52. The van der Waals surface area contributed by atoms with E-state index < -0.39 is 10.8 Å². The molecule has 0 amide bonds. The number of non-ortho nitro benzene ring substituents is 1. The molecule has 0 saturated carbocycles. The van der Waals surface area contributed by atoms with Gasteiger partial charge in [-0.3, -0.25) is 20.9 Å². The van der Waals surface area contributed by atoms with Gasteiger partial charge in [0.25, 0.3) is 5.69 Å². The zero-order valence-electron chi connectivity index (χ0n) is 10.7. The fourth-order valence-corrected chi connectivity index (χ4v) is 1.80. The van der Waals surface area contributed by atoms with Crippen LogP contribution in [-0.4, -0.2) is 16.5 Å². The van der Waals surface area contributed by atoms with Crippen LogP contribution < -0.4 is 11.2 Å². The number of nitrogens with one attached hydrogen (secondary N) is 2. The van der Waals surface area contributed by atoms with Crippen LogP contribution in [0, 0.1) is 26.9 Å². The van der Waals surface area contributed by atoms with Crippen molar-refractivity contribution in [2.24, 2.45) is 10.8 Å². The number of nitro benzene ring substituents is 1. The van der Waals surface area contributed by atoms with E-state index in [1.54, 1.807) is 30.3 Å². The Bertz CT molecular complexity index is 806. The van der Waals surface area contributed by atoms with Crippen molar-refractivity contribution in [1.29, 1.82) is 10.7 Å². The van der Waals surface area contributed by atoms with Gasteiger partial charge in [-0.25, -0.2) is 0 Å². The number of anilines is 1. The Morgan fingerprint density at radius 1 is 1.33 bits per heavy atom. The van der Waals surface area contributed by atoms with Gasteiger partial charge in [0.15, 0.2) is 5.84 Å². The van der Waals surface area contributed by atoms with Gasteiger partial charge < -0.3 is 5.73 Å². The number of nitrogens with two attached hydrogens (primary N) is 1. The molecule has 0 aliphatic heterocycles. The molecule has 0 atom stereocenters. The van der Waals surface area contributed by atoms with Crippen molar-refractivity contribution < 1.29 is 4.92 Å². The van der Waals surface area contributed by atoms with Crippen LogP contribution in [0.5, 0.6) is 0 Å². The summed E-state index contributed by atoms with van der Waals surface area (Å²) in [4.78, 5) is 10.5. The smallest absolute Gasteiger partial charge is 0.277 e. The Morgan fingerprint density at radius 3 is 2.57 bits per heavy atom. The third kappa shape index (κ3) is 2.76. The molecule has 8 heteroatoms. The van der Waals surface area contributed by atoms with Crippen molar-refractivity contribution in [1.82, 2.24) is 0 Å². The number of hydrogen-bond acceptors (Lipinski definition) is 6. The number of nitro groups is 1. The molecule has 0 aliphatic carbocycles. The van der Waals surface area contributed by atoms with E-state index in [0.717, 1.165) is 0 Å². The normalized spacial score (nSPS) is 10.9. The maximum Gasteiger partial charge on any atom is 0.277 e. The van der Waals surface area contributed by atoms with Crippen molar-refractivity contribution in [3.05, 3.63) is 46.5 Å². The largest absolute Gasteiger partial charge is 0.382 e. The summed E-state index contributed by atoms with van der Waals surface area (Å²) in [6.45, 7) is 0. The van der Waals surface area contributed by atoms with E-state index in [9.17, 15) is 10.1 Å². The van der Waals surface area contributed by atoms with Gasteiger partial charge in [0.05, 0.1) is 16.0 Å². The summed E-state index contributed by atoms with van der Waals surface area (Å²) in [5.41, 5.74) is 7.99. The van der Waals surface area contributed by atoms with E-state index in [4.69, 9.17) is 16.4 Å². The summed E-state index contributed by atoms with van der Waals surface area (Å²) in [7, 11) is 0. The molecule has 0 bridgehead atoms. The molecule has 0 spiro atoms. The predicted molar refractivity (Wildman–Crippen MR) is 79.2 cm³/mol. The van der Waals surface area contributed by atoms with Crippen molar-refractivity contribution in [3.63, 3.8) is 0 Å². The lowest BCUT2D eigenvalue weighted by Crippen LogP contribution is -2.21. The van der Waals surface area contributed by atoms with E-state index in [2.05, 4.69) is 10.5 Å². The van der Waals surface area contributed by atoms with Crippen LogP contribution in [-0.2, 0) is 0 Å². The molecule has 0 aromatic heterocycles. The lowest BCUT2D eigenvalue weighted by molar-refractivity contribution is -0.383. The first-order valence-electron chi connectivity index (χ1n) is 5.79. The molecule has 8 nitrogen and oxygen atoms in total. The van der Waals surface area contributed by atoms with E-state index >= 15 is 0 Å². The molecule has 0 heterocycles. The van der Waals surface area contributed by atoms with E-state index in [1.807, 2.05) is 0 Å². The van der Waals surface area contributed by atoms with Crippen LogP contribution in [0.25, 0.3) is 10.8 Å². The molecule has 0 saturated heterocycles. The van der Waals surface area contributed by atoms with Crippen LogP contribution in [0.4, 0.5) is 11.4 Å². The van der Waals surface area contributed by atoms with Crippen molar-refractivity contribution >= 4 is 33.7 Å². The minimum atomic E-state index is -0.467. The molecule has 2 aromatic carbocycles. The summed E-state index contributed by atoms with van der Waals surface area (Å²) in [5, 5.41) is 31.7. The fraction of sp³-hybridized carbons (Fsp3) is 0. The van der Waals surface area contributed by atoms with Crippen molar-refractivity contribution in [2.45, 2.75) is 0 Å². The molecule has 0 aliphatic rings. The number of rotatable bonds is 4. The number of fused-ring (bicyclic) bond motifs is 1. The number of nitrogens with zero attached hydrogens (tertiary/aromatic N) is 3. The number of benzene rings is 2. The second kappa shape index (κ2) is 5.66. The van der Waals surface area contributed by atoms with Gasteiger partial charge in [0.1, 0.15) is 6.07 Å². The molecule has 2 rings (SSSR count). The standard InChI is InChI=1S/C13H10N6O2/c14-7-11(13(15)16)18-17-10-5-6-12(19(20)21)9-4-2-1-3-8(9)10/h1-6,17H,(H3,15,16)/b18-11+. The second-order valence-electron chi connectivity index (χ2n) is 4.03. The van der Waals surface area contributed by atoms with Gasteiger partial charge in [-0.15, -0.1) is 0 Å². The monoisotopic (exact) mass is 282 g/mol. The topological polar surface area (TPSA) is 141 Å². The van der Waals surface area contributed by atoms with Gasteiger partial charge in [-0.1, -0.05) is 18.2 Å². The van der Waals surface area contributed by atoms with Gasteiger partial charge in [0.2, 0.25) is 5.71 Å². The third-order valence-corrected chi connectivity index (χ3v) is 2.75. The summed E-state index contributed by atoms with van der Waals surface area (Å²) in [6.07, 6.45) is 0. The SMILES string of the molecule is N#C/C(=N\Nc1ccc([N+](=O)[O-])c2ccccc12)C(=N)N. The van der Waals surface area contributed by atoms with Crippen LogP contribution in [0.2, 0.25) is 0 Å². The average molecular weight is 282 g/mol. The first-order valence-corrected chi connectivity index (χ1v) is 5.79. The first-order chi connectivity index (χ1) is 10.0. The van der Waals surface area contributed by atoms with Gasteiger partial charge >= 0.3 is 0 Å². The Kier molecular flexibility index (Phi) is 3.76. The highest BCUT2D eigenvalue weighted by Gasteiger charge is 2.13. The highest BCUT2D eigenvalue weighted by atomic mass is 16.6. The molecule has 0 radical (unpaired) electrons. The maximum absolute atomic E-state index is 11.0. The Labute approximate surface area is 119 Å². The number of nitriles is 1. The predicted octanol–water partition coefficient (Wildman–Crippen LogP) is 1.98. The highest BCUT2D eigenvalue weighted by Crippen LogP contribution is 2.31. The van der Waals surface area contributed by atoms with Crippen LogP contribution in [0.1, 0.15) is 0 Å². The third-order valence-electron chi connectivity index (χ3n) is 2.75. The number of amidine groups is 1. The summed E-state index contributed by atoms with van der Waals surface area (Å²) in [6, 6.07) is 11.3. The molecule has 21 heavy (non-hydrogen) atoms. The van der Waals surface area contributed by atoms with Crippen LogP contribution in [0.15, 0.2) is 41.5 Å². The number of hydrogen-bond donors (Lipinski definition) is 3. The summed E-state index contributed by atoms with van der Waals surface area (Å²) in [5.74, 6) is -0.462. The quantitative estimate of drug-likeness (QED) is 0.340. The highest BCUT2D eigenvalue weighted by molar-refractivity contribution is 6.45. The van der Waals surface area contributed by atoms with Gasteiger partial charge in [0, 0.05) is 11.5 Å². The average Bonchev–Trinajstić information content (AvgIpc) is 2.47. The van der Waals surface area contributed by atoms with Crippen LogP contribution in [0.3, 0.4) is 0 Å². The summed E-state index contributed by atoms with van der Waals surface area (Å²) >= 11 is 0. The molecule has 104 valence electrons. The minimum Gasteiger partial charge on any atom is -0.382 e. The zero-order chi connectivity index (χ0) is 15.4. The zero-order valence-corrected chi connectivity index (χ0v) is 10.7. The van der Waals surface area contributed by atoms with Crippen LogP contribution >= 0.6 is 0 Å². The summed E-state index contributed by atoms with van der Waals surface area (Å²) < 4.78 is 0. The lowest BCUT2D eigenvalue weighted by Gasteiger charge is -2.06. The van der Waals surface area contributed by atoms with Gasteiger partial charge in [-0.05, 0) is 12.1 Å². The van der Waals surface area contributed by atoms with E-state index in [0.29, 0.717) is 16.5 Å².